The zero-order valence-electron chi connectivity index (χ0n) is 30.7. The number of anilines is 4. The average Bonchev–Trinajstić information content (AvgIpc) is 3.98. The lowest BCUT2D eigenvalue weighted by Gasteiger charge is -2.21. The number of hydrogen-bond acceptors (Lipinski definition) is 5. The maximum atomic E-state index is 6.74. The Balaban J connectivity index is 0.976. The van der Waals surface area contributed by atoms with E-state index in [0.29, 0.717) is 0 Å². The van der Waals surface area contributed by atoms with E-state index in [9.17, 15) is 0 Å². The quantitative estimate of drug-likeness (QED) is 0.184. The Labute approximate surface area is 331 Å². The van der Waals surface area contributed by atoms with E-state index in [2.05, 4.69) is 182 Å². The van der Waals surface area contributed by atoms with Crippen LogP contribution in [0.1, 0.15) is 25.0 Å². The second-order valence-corrected chi connectivity index (χ2v) is 17.5. The van der Waals surface area contributed by atoms with Crippen molar-refractivity contribution in [2.75, 3.05) is 10.6 Å². The summed E-state index contributed by atoms with van der Waals surface area (Å²) in [6, 6.07) is 57.2. The van der Waals surface area contributed by atoms with E-state index in [1.807, 2.05) is 22.7 Å². The molecule has 8 aromatic carbocycles. The van der Waals surface area contributed by atoms with Gasteiger partial charge in [-0.15, -0.1) is 22.7 Å². The lowest BCUT2D eigenvalue weighted by Crippen LogP contribution is -2.14. The van der Waals surface area contributed by atoms with Gasteiger partial charge in [-0.1, -0.05) is 129 Å². The number of furan rings is 1. The number of nitrogens with one attached hydrogen (secondary N) is 2. The van der Waals surface area contributed by atoms with Crippen LogP contribution < -0.4 is 10.6 Å². The molecule has 5 heteroatoms. The predicted molar refractivity (Wildman–Crippen MR) is 242 cm³/mol. The van der Waals surface area contributed by atoms with E-state index in [4.69, 9.17) is 4.42 Å². The summed E-state index contributed by atoms with van der Waals surface area (Å²) >= 11 is 3.71. The minimum absolute atomic E-state index is 0.0720. The highest BCUT2D eigenvalue weighted by Crippen LogP contribution is 2.53. The number of rotatable bonds is 5. The summed E-state index contributed by atoms with van der Waals surface area (Å²) < 4.78 is 11.9. The van der Waals surface area contributed by atoms with Crippen LogP contribution in [0.2, 0.25) is 0 Å². The molecule has 0 bridgehead atoms. The molecular formula is C51H34N2OS2. The van der Waals surface area contributed by atoms with E-state index < -0.39 is 0 Å². The highest BCUT2D eigenvalue weighted by molar-refractivity contribution is 7.27. The molecule has 0 saturated carbocycles. The van der Waals surface area contributed by atoms with Crippen LogP contribution in [0.4, 0.5) is 22.7 Å². The highest BCUT2D eigenvalue weighted by Gasteiger charge is 2.36. The van der Waals surface area contributed by atoms with Crippen molar-refractivity contribution in [2.24, 2.45) is 0 Å². The Morgan fingerprint density at radius 2 is 1.09 bits per heavy atom. The molecule has 3 nitrogen and oxygen atoms in total. The van der Waals surface area contributed by atoms with Gasteiger partial charge in [0.1, 0.15) is 5.58 Å². The number of fused-ring (bicyclic) bond motifs is 12. The maximum absolute atomic E-state index is 6.74. The summed E-state index contributed by atoms with van der Waals surface area (Å²) in [5, 5.41) is 15.1. The number of hydrogen-bond donors (Lipinski definition) is 2. The number of para-hydroxylation sites is 1. The van der Waals surface area contributed by atoms with Gasteiger partial charge in [-0.25, -0.2) is 0 Å². The minimum Gasteiger partial charge on any atom is -0.454 e. The molecule has 2 N–H and O–H groups in total. The highest BCUT2D eigenvalue weighted by atomic mass is 32.1. The largest absolute Gasteiger partial charge is 0.454 e. The van der Waals surface area contributed by atoms with Crippen molar-refractivity contribution in [3.63, 3.8) is 0 Å². The number of thiophene rings is 2. The van der Waals surface area contributed by atoms with Gasteiger partial charge in [0.05, 0.1) is 26.5 Å². The van der Waals surface area contributed by atoms with Gasteiger partial charge in [0.15, 0.2) is 5.58 Å². The summed E-state index contributed by atoms with van der Waals surface area (Å²) in [7, 11) is 0. The molecule has 56 heavy (non-hydrogen) atoms. The molecule has 1 aliphatic rings. The van der Waals surface area contributed by atoms with Crippen LogP contribution >= 0.6 is 22.7 Å². The normalized spacial score (nSPS) is 13.3. The van der Waals surface area contributed by atoms with Gasteiger partial charge in [-0.3, -0.25) is 0 Å². The third-order valence-corrected chi connectivity index (χ3v) is 14.3. The third-order valence-electron chi connectivity index (χ3n) is 11.9. The molecule has 12 rings (SSSR count). The van der Waals surface area contributed by atoms with Gasteiger partial charge in [-0.2, -0.15) is 0 Å². The van der Waals surface area contributed by atoms with Crippen LogP contribution in [0.5, 0.6) is 0 Å². The van der Waals surface area contributed by atoms with E-state index in [0.717, 1.165) is 50.3 Å². The van der Waals surface area contributed by atoms with Crippen LogP contribution in [-0.2, 0) is 5.41 Å². The first-order valence-corrected chi connectivity index (χ1v) is 20.7. The van der Waals surface area contributed by atoms with Crippen molar-refractivity contribution >= 4 is 108 Å². The van der Waals surface area contributed by atoms with Crippen LogP contribution in [0, 0.1) is 0 Å². The first-order valence-electron chi connectivity index (χ1n) is 19.1. The van der Waals surface area contributed by atoms with Crippen molar-refractivity contribution < 1.29 is 4.42 Å². The van der Waals surface area contributed by atoms with Crippen molar-refractivity contribution in [3.8, 4) is 22.3 Å². The molecule has 0 amide bonds. The van der Waals surface area contributed by atoms with Crippen LogP contribution in [0.3, 0.4) is 0 Å². The fraction of sp³-hybridized carbons (Fsp3) is 0.0588. The monoisotopic (exact) mass is 754 g/mol. The topological polar surface area (TPSA) is 37.2 Å². The van der Waals surface area contributed by atoms with Crippen molar-refractivity contribution in [2.45, 2.75) is 19.3 Å². The Kier molecular flexibility index (Phi) is 6.72. The zero-order valence-corrected chi connectivity index (χ0v) is 32.4. The molecule has 0 aliphatic heterocycles. The SMILES string of the molecule is CC1(C)c2ccccc2-c2c(Nc3ccc(-c4ccc5c(c4)sc4c(Nc6cccc7c6sc6ccccc67)cccc45)c4c3oc3ccccc34)cccc21. The molecule has 0 unspecified atom stereocenters. The molecule has 11 aromatic rings. The zero-order chi connectivity index (χ0) is 37.1. The van der Waals surface area contributed by atoms with Gasteiger partial charge in [0, 0.05) is 58.4 Å². The molecule has 3 heterocycles. The third kappa shape index (κ3) is 4.56. The molecule has 0 saturated heterocycles. The Bertz CT molecular complexity index is 3420. The van der Waals surface area contributed by atoms with Crippen molar-refractivity contribution in [1.29, 1.82) is 0 Å². The molecule has 0 atom stereocenters. The second-order valence-electron chi connectivity index (χ2n) is 15.4. The van der Waals surface area contributed by atoms with Crippen molar-refractivity contribution in [1.82, 2.24) is 0 Å². The minimum atomic E-state index is -0.0720. The average molecular weight is 755 g/mol. The van der Waals surface area contributed by atoms with E-state index in [1.54, 1.807) is 0 Å². The van der Waals surface area contributed by atoms with Crippen LogP contribution in [0.15, 0.2) is 162 Å². The first-order chi connectivity index (χ1) is 27.5. The number of benzene rings is 8. The van der Waals surface area contributed by atoms with Gasteiger partial charge in [-0.05, 0) is 70.3 Å². The predicted octanol–water partition coefficient (Wildman–Crippen LogP) is 15.8. The summed E-state index contributed by atoms with van der Waals surface area (Å²) in [6.45, 7) is 4.65. The van der Waals surface area contributed by atoms with Crippen molar-refractivity contribution in [3.05, 3.63) is 169 Å². The standard InChI is InChI=1S/C51H34N2OS2/c1-51(2)37-17-6-3-13-35(37)47-38(51)18-11-19-39(47)52-40-27-26-30(46-36-14-4-7-22-43(36)54-48(40)46)29-24-25-32-34-16-10-21-42(50(34)56-45(32)28-29)53-41-20-9-15-33-31-12-5-8-23-44(31)55-49(33)41/h3-28,52-53H,1-2H3. The molecule has 0 fully saturated rings. The summed E-state index contributed by atoms with van der Waals surface area (Å²) in [6.07, 6.45) is 0. The Hall–Kier alpha value is -6.40. The summed E-state index contributed by atoms with van der Waals surface area (Å²) in [5.74, 6) is 0. The fourth-order valence-corrected chi connectivity index (χ4v) is 11.6. The van der Waals surface area contributed by atoms with E-state index in [1.165, 1.54) is 68.2 Å². The molecule has 0 spiro atoms. The molecule has 266 valence electrons. The summed E-state index contributed by atoms with van der Waals surface area (Å²) in [5.41, 5.74) is 13.6. The Morgan fingerprint density at radius 3 is 1.93 bits per heavy atom. The van der Waals surface area contributed by atoms with Crippen LogP contribution in [-0.4, -0.2) is 0 Å². The van der Waals surface area contributed by atoms with Gasteiger partial charge >= 0.3 is 0 Å². The van der Waals surface area contributed by atoms with E-state index in [-0.39, 0.29) is 5.41 Å². The maximum Gasteiger partial charge on any atom is 0.159 e. The fourth-order valence-electron chi connectivity index (χ4n) is 9.23. The van der Waals surface area contributed by atoms with Crippen LogP contribution in [0.25, 0.3) is 84.5 Å². The molecular weight excluding hydrogens is 721 g/mol. The second kappa shape index (κ2) is 11.8. The van der Waals surface area contributed by atoms with Gasteiger partial charge in [0.25, 0.3) is 0 Å². The molecule has 0 radical (unpaired) electrons. The van der Waals surface area contributed by atoms with E-state index >= 15 is 0 Å². The Morgan fingerprint density at radius 1 is 0.464 bits per heavy atom. The lowest BCUT2D eigenvalue weighted by molar-refractivity contribution is 0.660. The first kappa shape index (κ1) is 31.9. The molecule has 1 aliphatic carbocycles. The smallest absolute Gasteiger partial charge is 0.159 e. The van der Waals surface area contributed by atoms with Gasteiger partial charge < -0.3 is 15.1 Å². The summed E-state index contributed by atoms with van der Waals surface area (Å²) in [4.78, 5) is 0. The molecule has 3 aromatic heterocycles. The van der Waals surface area contributed by atoms with Gasteiger partial charge in [0.2, 0.25) is 0 Å². The lowest BCUT2D eigenvalue weighted by atomic mass is 9.82.